The van der Waals surface area contributed by atoms with Crippen molar-refractivity contribution < 1.29 is 89.4 Å². The van der Waals surface area contributed by atoms with E-state index in [0.29, 0.717) is 12.8 Å². The molecule has 3 saturated heterocycles. The van der Waals surface area contributed by atoms with Gasteiger partial charge in [-0.1, -0.05) is 172 Å². The first kappa shape index (κ1) is 70.0. The smallest absolute Gasteiger partial charge is 0.220 e. The number of carbonyl (C=O) groups excluding carboxylic acids is 1. The summed E-state index contributed by atoms with van der Waals surface area (Å²) in [5.41, 5.74) is 0. The van der Waals surface area contributed by atoms with Crippen LogP contribution in [0.15, 0.2) is 48.6 Å². The van der Waals surface area contributed by atoms with Crippen LogP contribution in [0.5, 0.6) is 0 Å². The van der Waals surface area contributed by atoms with Crippen LogP contribution in [0, 0.1) is 0 Å². The zero-order valence-corrected chi connectivity index (χ0v) is 47.1. The van der Waals surface area contributed by atoms with Crippen molar-refractivity contribution in [2.24, 2.45) is 0 Å². The molecule has 0 spiro atoms. The predicted octanol–water partition coefficient (Wildman–Crippen LogP) is 5.09. The van der Waals surface area contributed by atoms with Crippen LogP contribution in [0.2, 0.25) is 0 Å². The third kappa shape index (κ3) is 26.3. The highest BCUT2D eigenvalue weighted by Gasteiger charge is 2.53. The quantitative estimate of drug-likeness (QED) is 0.0279. The highest BCUT2D eigenvalue weighted by molar-refractivity contribution is 5.76. The molecule has 3 aliphatic heterocycles. The maximum atomic E-state index is 13.3. The number of unbranched alkanes of at least 4 members (excludes halogenated alkanes) is 21. The number of aliphatic hydroxyl groups is 11. The minimum atomic E-state index is -1.98. The van der Waals surface area contributed by atoms with Gasteiger partial charge in [-0.15, -0.1) is 0 Å². The molecule has 0 aromatic carbocycles. The fourth-order valence-electron chi connectivity index (χ4n) is 9.89. The van der Waals surface area contributed by atoms with E-state index < -0.39 is 124 Å². The number of ether oxygens (including phenoxy) is 6. The van der Waals surface area contributed by atoms with Gasteiger partial charge in [-0.05, 0) is 57.8 Å². The molecule has 0 aromatic heterocycles. The van der Waals surface area contributed by atoms with E-state index in [9.17, 15) is 61.0 Å². The average molecular weight is 1120 g/mol. The summed E-state index contributed by atoms with van der Waals surface area (Å²) in [6.45, 7) is 1.61. The lowest BCUT2D eigenvalue weighted by Crippen LogP contribution is -2.66. The van der Waals surface area contributed by atoms with Gasteiger partial charge in [0, 0.05) is 6.42 Å². The Morgan fingerprint density at radius 3 is 1.41 bits per heavy atom. The van der Waals surface area contributed by atoms with Gasteiger partial charge in [-0.2, -0.15) is 0 Å². The van der Waals surface area contributed by atoms with Crippen molar-refractivity contribution >= 4 is 5.91 Å². The normalized spacial score (nSPS) is 30.8. The van der Waals surface area contributed by atoms with E-state index in [1.807, 2.05) is 6.08 Å². The maximum Gasteiger partial charge on any atom is 0.220 e. The molecule has 1 amide bonds. The lowest BCUT2D eigenvalue weighted by atomic mass is 9.96. The third-order valence-electron chi connectivity index (χ3n) is 14.8. The minimum absolute atomic E-state index is 0.218. The van der Waals surface area contributed by atoms with Crippen LogP contribution < -0.4 is 5.32 Å². The second kappa shape index (κ2) is 42.6. The van der Waals surface area contributed by atoms with E-state index in [0.717, 1.165) is 70.6 Å². The van der Waals surface area contributed by atoms with Crippen molar-refractivity contribution in [2.75, 3.05) is 26.4 Å². The van der Waals surface area contributed by atoms with Crippen molar-refractivity contribution in [3.8, 4) is 0 Å². The Hall–Kier alpha value is -2.25. The number of hydrogen-bond acceptors (Lipinski definition) is 18. The van der Waals surface area contributed by atoms with Crippen LogP contribution in [0.4, 0.5) is 0 Å². The zero-order chi connectivity index (χ0) is 56.9. The van der Waals surface area contributed by atoms with Gasteiger partial charge in [0.15, 0.2) is 18.9 Å². The summed E-state index contributed by atoms with van der Waals surface area (Å²) in [7, 11) is 0. The van der Waals surface area contributed by atoms with Crippen LogP contribution in [0.25, 0.3) is 0 Å². The molecule has 3 heterocycles. The molecule has 454 valence electrons. The van der Waals surface area contributed by atoms with Crippen molar-refractivity contribution in [3.63, 3.8) is 0 Å². The second-order valence-corrected chi connectivity index (χ2v) is 21.4. The number of nitrogens with one attached hydrogen (secondary N) is 1. The molecule has 17 atom stereocenters. The summed E-state index contributed by atoms with van der Waals surface area (Å²) in [4.78, 5) is 13.3. The Morgan fingerprint density at radius 2 is 0.885 bits per heavy atom. The van der Waals surface area contributed by atoms with Gasteiger partial charge in [0.05, 0.1) is 38.6 Å². The van der Waals surface area contributed by atoms with Crippen LogP contribution in [0.3, 0.4) is 0 Å². The highest BCUT2D eigenvalue weighted by Crippen LogP contribution is 2.33. The lowest BCUT2D eigenvalue weighted by Gasteiger charge is -2.48. The van der Waals surface area contributed by atoms with E-state index in [4.69, 9.17) is 28.4 Å². The standard InChI is InChI=1S/C59H105NO18/c1-3-5-7-9-11-13-15-17-18-19-20-21-22-23-25-26-28-30-32-34-36-43(64)42(60-47(65)37-35-33-31-29-27-24-16-14-12-10-8-6-4-2)41-73-57-53(71)50(68)55(45(39-62)75-57)78-59-54(72)51(69)56(46(40-63)76-59)77-58-52(70)49(67)48(66)44(38-61)74-58/h8,10,14,16,26,28,34,36,42-46,48-59,61-64,66-72H,3-7,9,11-13,15,17-25,27,29-33,35,37-41H2,1-2H3,(H,60,65)/b10-8-,16-14-,28-26+,36-34+. The van der Waals surface area contributed by atoms with Gasteiger partial charge >= 0.3 is 0 Å². The van der Waals surface area contributed by atoms with E-state index in [1.54, 1.807) is 6.08 Å². The molecule has 78 heavy (non-hydrogen) atoms. The fraction of sp³-hybridized carbons (Fsp3) is 0.847. The molecule has 0 saturated carbocycles. The molecule has 0 bridgehead atoms. The Morgan fingerprint density at radius 1 is 0.462 bits per heavy atom. The molecule has 3 aliphatic rings. The molecule has 0 aliphatic carbocycles. The molecule has 0 aromatic rings. The molecular weight excluding hydrogens is 1010 g/mol. The van der Waals surface area contributed by atoms with Gasteiger partial charge in [0.25, 0.3) is 0 Å². The monoisotopic (exact) mass is 1120 g/mol. The van der Waals surface area contributed by atoms with Crippen molar-refractivity contribution in [1.82, 2.24) is 5.32 Å². The molecule has 0 radical (unpaired) electrons. The highest BCUT2D eigenvalue weighted by atomic mass is 16.8. The molecule has 17 unspecified atom stereocenters. The first-order chi connectivity index (χ1) is 37.8. The Balaban J connectivity index is 1.52. The number of hydrogen-bond donors (Lipinski definition) is 12. The summed E-state index contributed by atoms with van der Waals surface area (Å²) in [6.07, 6.45) is 19.6. The zero-order valence-electron chi connectivity index (χ0n) is 47.1. The second-order valence-electron chi connectivity index (χ2n) is 21.4. The summed E-state index contributed by atoms with van der Waals surface area (Å²) in [5.74, 6) is -0.302. The fourth-order valence-corrected chi connectivity index (χ4v) is 9.89. The van der Waals surface area contributed by atoms with Gasteiger partial charge in [0.2, 0.25) is 5.91 Å². The van der Waals surface area contributed by atoms with E-state index in [2.05, 4.69) is 55.6 Å². The SMILES string of the molecule is CCC/C=C\C/C=C\CCCCCCCC(=O)NC(COC1OC(CO)C(OC2OC(CO)C(OC3OC(CO)C(O)C(O)C3O)C(O)C2O)C(O)C1O)C(O)/C=C/CC/C=C/CCCCCCCCCCCCCCCC. The largest absolute Gasteiger partial charge is 0.394 e. The Kier molecular flexibility index (Phi) is 38.2. The van der Waals surface area contributed by atoms with Crippen molar-refractivity contribution in [1.29, 1.82) is 0 Å². The van der Waals surface area contributed by atoms with Crippen molar-refractivity contribution in [3.05, 3.63) is 48.6 Å². The molecule has 12 N–H and O–H groups in total. The number of rotatable bonds is 43. The Bertz CT molecular complexity index is 1620. The molecular formula is C59H105NO18. The maximum absolute atomic E-state index is 13.3. The van der Waals surface area contributed by atoms with E-state index >= 15 is 0 Å². The number of aliphatic hydroxyl groups excluding tert-OH is 11. The van der Waals surface area contributed by atoms with Gasteiger partial charge < -0.3 is 89.9 Å². The first-order valence-corrected chi connectivity index (χ1v) is 29.9. The van der Waals surface area contributed by atoms with Crippen molar-refractivity contribution in [2.45, 2.75) is 291 Å². The summed E-state index contributed by atoms with van der Waals surface area (Å²) in [5, 5.41) is 120. The first-order valence-electron chi connectivity index (χ1n) is 29.9. The van der Waals surface area contributed by atoms with Crippen LogP contribution in [-0.2, 0) is 33.2 Å². The third-order valence-corrected chi connectivity index (χ3v) is 14.8. The molecule has 19 heteroatoms. The lowest BCUT2D eigenvalue weighted by molar-refractivity contribution is -0.379. The van der Waals surface area contributed by atoms with Crippen LogP contribution in [-0.4, -0.2) is 193 Å². The van der Waals surface area contributed by atoms with Gasteiger partial charge in [0.1, 0.15) is 73.2 Å². The van der Waals surface area contributed by atoms with Crippen LogP contribution in [0.1, 0.15) is 187 Å². The number of carbonyl (C=O) groups is 1. The molecule has 3 fully saturated rings. The summed E-state index contributed by atoms with van der Waals surface area (Å²) < 4.78 is 34.2. The Labute approximate surface area is 465 Å². The average Bonchev–Trinajstić information content (AvgIpc) is 3.43. The number of amides is 1. The minimum Gasteiger partial charge on any atom is -0.394 e. The number of allylic oxidation sites excluding steroid dienone is 7. The molecule has 19 nitrogen and oxygen atoms in total. The van der Waals surface area contributed by atoms with Gasteiger partial charge in [-0.25, -0.2) is 0 Å². The van der Waals surface area contributed by atoms with Gasteiger partial charge in [-0.3, -0.25) is 4.79 Å². The van der Waals surface area contributed by atoms with E-state index in [1.165, 1.54) is 83.5 Å². The summed E-state index contributed by atoms with van der Waals surface area (Å²) in [6, 6.07) is -0.997. The molecule has 3 rings (SSSR count). The predicted molar refractivity (Wildman–Crippen MR) is 295 cm³/mol. The topological polar surface area (TPSA) is 307 Å². The van der Waals surface area contributed by atoms with Crippen LogP contribution >= 0.6 is 0 Å². The summed E-state index contributed by atoms with van der Waals surface area (Å²) >= 11 is 0. The van der Waals surface area contributed by atoms with E-state index in [-0.39, 0.29) is 18.9 Å².